The molecule has 0 spiro atoms. The van der Waals surface area contributed by atoms with Gasteiger partial charge >= 0.3 is 0 Å². The van der Waals surface area contributed by atoms with Crippen molar-refractivity contribution in [3.8, 4) is 11.5 Å². The Hall–Kier alpha value is -3.28. The summed E-state index contributed by atoms with van der Waals surface area (Å²) in [5.41, 5.74) is 3.09. The Morgan fingerprint density at radius 1 is 1.00 bits per heavy atom. The first-order valence-corrected chi connectivity index (χ1v) is 11.7. The third kappa shape index (κ3) is 5.21. The van der Waals surface area contributed by atoms with Crippen LogP contribution in [0.1, 0.15) is 50.1 Å². The highest BCUT2D eigenvalue weighted by molar-refractivity contribution is 6.01. The lowest BCUT2D eigenvalue weighted by Crippen LogP contribution is -2.36. The van der Waals surface area contributed by atoms with Crippen LogP contribution in [0.4, 0.5) is 5.69 Å². The van der Waals surface area contributed by atoms with E-state index in [1.807, 2.05) is 48.5 Å². The fourth-order valence-electron chi connectivity index (χ4n) is 4.81. The fraction of sp³-hybridized carbons (Fsp3) is 0.407. The normalized spacial score (nSPS) is 20.4. The number of carbonyl (C=O) groups excluding carboxylic acids is 2. The quantitative estimate of drug-likeness (QED) is 0.589. The number of nitrogens with one attached hydrogen (secondary N) is 1. The van der Waals surface area contributed by atoms with E-state index in [4.69, 9.17) is 9.47 Å². The lowest BCUT2D eigenvalue weighted by Gasteiger charge is -2.28. The number of carbonyl (C=O) groups is 2. The zero-order valence-corrected chi connectivity index (χ0v) is 19.4. The van der Waals surface area contributed by atoms with Crippen LogP contribution in [-0.2, 0) is 9.59 Å². The molecular formula is C27H32N2O4. The highest BCUT2D eigenvalue weighted by Gasteiger charge is 2.45. The second-order valence-corrected chi connectivity index (χ2v) is 8.64. The molecule has 2 aromatic rings. The van der Waals surface area contributed by atoms with Crippen LogP contribution in [0.5, 0.6) is 11.5 Å². The van der Waals surface area contributed by atoms with Crippen LogP contribution in [0.3, 0.4) is 0 Å². The van der Waals surface area contributed by atoms with E-state index in [2.05, 4.69) is 11.4 Å². The SMILES string of the molecule is COc1ccc([C@@H]2[C@@H](C(=O)NCCC3=CCCCC3)CC(=O)N2c2ccc(OC)cc2)cc1. The van der Waals surface area contributed by atoms with Gasteiger partial charge in [-0.25, -0.2) is 0 Å². The number of rotatable bonds is 8. The number of anilines is 1. The second-order valence-electron chi connectivity index (χ2n) is 8.64. The predicted molar refractivity (Wildman–Crippen MR) is 128 cm³/mol. The minimum absolute atomic E-state index is 0.0591. The number of methoxy groups -OCH3 is 2. The van der Waals surface area contributed by atoms with Crippen molar-refractivity contribution < 1.29 is 19.1 Å². The average molecular weight is 449 g/mol. The van der Waals surface area contributed by atoms with Gasteiger partial charge in [0.1, 0.15) is 11.5 Å². The smallest absolute Gasteiger partial charge is 0.228 e. The molecule has 1 fully saturated rings. The topological polar surface area (TPSA) is 67.9 Å². The zero-order valence-electron chi connectivity index (χ0n) is 19.4. The first-order chi connectivity index (χ1) is 16.1. The van der Waals surface area contributed by atoms with E-state index < -0.39 is 5.92 Å². The summed E-state index contributed by atoms with van der Waals surface area (Å²) in [7, 11) is 3.23. The molecule has 6 heteroatoms. The summed E-state index contributed by atoms with van der Waals surface area (Å²) in [5.74, 6) is 0.861. The number of ether oxygens (including phenoxy) is 2. The van der Waals surface area contributed by atoms with Crippen molar-refractivity contribution in [1.82, 2.24) is 5.32 Å². The predicted octanol–water partition coefficient (Wildman–Crippen LogP) is 4.80. The monoisotopic (exact) mass is 448 g/mol. The summed E-state index contributed by atoms with van der Waals surface area (Å²) >= 11 is 0. The molecule has 2 atom stereocenters. The number of amides is 2. The molecule has 2 amide bonds. The van der Waals surface area contributed by atoms with Gasteiger partial charge in [-0.3, -0.25) is 9.59 Å². The molecule has 0 saturated carbocycles. The summed E-state index contributed by atoms with van der Waals surface area (Å²) in [5, 5.41) is 3.10. The molecular weight excluding hydrogens is 416 g/mol. The standard InChI is InChI=1S/C27H32N2O4/c1-32-22-12-8-20(9-13-22)26-24(27(31)28-17-16-19-6-4-3-5-7-19)18-25(30)29(26)21-10-14-23(33-2)15-11-21/h6,8-15,24,26H,3-5,7,16-18H2,1-2H3,(H,28,31)/t24-,26+/m0/s1. The summed E-state index contributed by atoms with van der Waals surface area (Å²) < 4.78 is 10.6. The Labute approximate surface area is 195 Å². The summed E-state index contributed by atoms with van der Waals surface area (Å²) in [6.07, 6.45) is 8.10. The fourth-order valence-corrected chi connectivity index (χ4v) is 4.81. The zero-order chi connectivity index (χ0) is 23.2. The van der Waals surface area contributed by atoms with Gasteiger partial charge in [0.15, 0.2) is 0 Å². The molecule has 0 aromatic heterocycles. The van der Waals surface area contributed by atoms with E-state index in [1.54, 1.807) is 19.1 Å². The summed E-state index contributed by atoms with van der Waals surface area (Å²) in [6, 6.07) is 14.6. The maximum absolute atomic E-state index is 13.3. The Morgan fingerprint density at radius 3 is 2.27 bits per heavy atom. The number of benzene rings is 2. The van der Waals surface area contributed by atoms with Gasteiger partial charge in [-0.05, 0) is 74.1 Å². The molecule has 6 nitrogen and oxygen atoms in total. The highest BCUT2D eigenvalue weighted by atomic mass is 16.5. The van der Waals surface area contributed by atoms with Crippen LogP contribution < -0.4 is 19.7 Å². The van der Waals surface area contributed by atoms with Crippen molar-refractivity contribution in [3.63, 3.8) is 0 Å². The molecule has 33 heavy (non-hydrogen) atoms. The maximum atomic E-state index is 13.3. The molecule has 174 valence electrons. The van der Waals surface area contributed by atoms with Gasteiger partial charge in [-0.2, -0.15) is 0 Å². The van der Waals surface area contributed by atoms with Gasteiger partial charge in [0, 0.05) is 18.7 Å². The second kappa shape index (κ2) is 10.6. The van der Waals surface area contributed by atoms with Gasteiger partial charge in [0.25, 0.3) is 0 Å². The number of hydrogen-bond donors (Lipinski definition) is 1. The lowest BCUT2D eigenvalue weighted by atomic mass is 9.92. The van der Waals surface area contributed by atoms with Gasteiger partial charge in [0.05, 0.1) is 26.2 Å². The molecule has 0 radical (unpaired) electrons. The van der Waals surface area contributed by atoms with Gasteiger partial charge in [-0.15, -0.1) is 0 Å². The van der Waals surface area contributed by atoms with E-state index >= 15 is 0 Å². The highest BCUT2D eigenvalue weighted by Crippen LogP contribution is 2.42. The lowest BCUT2D eigenvalue weighted by molar-refractivity contribution is -0.126. The van der Waals surface area contributed by atoms with E-state index in [-0.39, 0.29) is 24.3 Å². The van der Waals surface area contributed by atoms with Crippen LogP contribution in [-0.4, -0.2) is 32.6 Å². The van der Waals surface area contributed by atoms with Gasteiger partial charge < -0.3 is 19.7 Å². The van der Waals surface area contributed by atoms with Gasteiger partial charge in [0.2, 0.25) is 11.8 Å². The molecule has 1 saturated heterocycles. The van der Waals surface area contributed by atoms with E-state index in [1.165, 1.54) is 18.4 Å². The van der Waals surface area contributed by atoms with E-state index in [0.29, 0.717) is 6.54 Å². The molecule has 1 aliphatic carbocycles. The molecule has 0 bridgehead atoms. The van der Waals surface area contributed by atoms with E-state index in [0.717, 1.165) is 42.0 Å². The van der Waals surface area contributed by atoms with Crippen LogP contribution in [0.2, 0.25) is 0 Å². The summed E-state index contributed by atoms with van der Waals surface area (Å²) in [6.45, 7) is 0.604. The molecule has 2 aliphatic rings. The molecule has 1 N–H and O–H groups in total. The van der Waals surface area contributed by atoms with Crippen LogP contribution >= 0.6 is 0 Å². The number of allylic oxidation sites excluding steroid dienone is 1. The Kier molecular flexibility index (Phi) is 7.33. The minimum Gasteiger partial charge on any atom is -0.497 e. The third-order valence-electron chi connectivity index (χ3n) is 6.60. The van der Waals surface area contributed by atoms with Crippen LogP contribution in [0.15, 0.2) is 60.2 Å². The first kappa shape index (κ1) is 22.9. The molecule has 2 aromatic carbocycles. The Bertz CT molecular complexity index is 998. The molecule has 1 heterocycles. The van der Waals surface area contributed by atoms with Crippen molar-refractivity contribution in [2.24, 2.45) is 5.92 Å². The average Bonchev–Trinajstić information content (AvgIpc) is 3.21. The minimum atomic E-state index is -0.465. The van der Waals surface area contributed by atoms with Crippen molar-refractivity contribution in [3.05, 3.63) is 65.7 Å². The van der Waals surface area contributed by atoms with E-state index in [9.17, 15) is 9.59 Å². The van der Waals surface area contributed by atoms with Crippen LogP contribution in [0.25, 0.3) is 0 Å². The Morgan fingerprint density at radius 2 is 1.67 bits per heavy atom. The first-order valence-electron chi connectivity index (χ1n) is 11.7. The number of nitrogens with zero attached hydrogens (tertiary/aromatic N) is 1. The Balaban J connectivity index is 1.56. The molecule has 1 aliphatic heterocycles. The largest absolute Gasteiger partial charge is 0.497 e. The van der Waals surface area contributed by atoms with Crippen molar-refractivity contribution in [2.75, 3.05) is 25.7 Å². The van der Waals surface area contributed by atoms with Crippen molar-refractivity contribution >= 4 is 17.5 Å². The molecule has 4 rings (SSSR count). The van der Waals surface area contributed by atoms with Crippen molar-refractivity contribution in [1.29, 1.82) is 0 Å². The maximum Gasteiger partial charge on any atom is 0.228 e. The van der Waals surface area contributed by atoms with Crippen LogP contribution in [0, 0.1) is 5.92 Å². The molecule has 0 unspecified atom stereocenters. The summed E-state index contributed by atoms with van der Waals surface area (Å²) in [4.78, 5) is 28.2. The third-order valence-corrected chi connectivity index (χ3v) is 6.60. The number of hydrogen-bond acceptors (Lipinski definition) is 4. The van der Waals surface area contributed by atoms with Gasteiger partial charge in [-0.1, -0.05) is 23.8 Å². The van der Waals surface area contributed by atoms with Crippen molar-refractivity contribution in [2.45, 2.75) is 44.6 Å².